The van der Waals surface area contributed by atoms with Crippen molar-refractivity contribution in [1.29, 1.82) is 0 Å². The van der Waals surface area contributed by atoms with E-state index in [2.05, 4.69) is 41.3 Å². The third kappa shape index (κ3) is 1.46. The van der Waals surface area contributed by atoms with Gasteiger partial charge in [-0.15, -0.1) is 0 Å². The number of hydrogen-bond acceptors (Lipinski definition) is 1. The smallest absolute Gasteiger partial charge is 0.0505 e. The maximum absolute atomic E-state index is 2.66. The van der Waals surface area contributed by atoms with E-state index in [0.29, 0.717) is 6.04 Å². The molecule has 1 fully saturated rings. The summed E-state index contributed by atoms with van der Waals surface area (Å²) in [5.41, 5.74) is 6.12. The van der Waals surface area contributed by atoms with Gasteiger partial charge in [0, 0.05) is 17.8 Å². The molecule has 2 aliphatic heterocycles. The highest BCUT2D eigenvalue weighted by atomic mass is 15.2. The second kappa shape index (κ2) is 4.01. The third-order valence-corrected chi connectivity index (χ3v) is 4.68. The van der Waals surface area contributed by atoms with Gasteiger partial charge in [-0.2, -0.15) is 0 Å². The summed E-state index contributed by atoms with van der Waals surface area (Å²) in [6.07, 6.45) is 11.4. The summed E-state index contributed by atoms with van der Waals surface area (Å²) in [5.74, 6) is 0. The molecule has 92 valence electrons. The quantitative estimate of drug-likeness (QED) is 0.664. The minimum Gasteiger partial charge on any atom is -0.364 e. The summed E-state index contributed by atoms with van der Waals surface area (Å²) >= 11 is 0. The van der Waals surface area contributed by atoms with Crippen molar-refractivity contribution in [2.45, 2.75) is 38.1 Å². The number of allylic oxidation sites excluding steroid dienone is 2. The Morgan fingerprint density at radius 2 is 1.94 bits per heavy atom. The average Bonchev–Trinajstić information content (AvgIpc) is 2.46. The number of nitrogens with zero attached hydrogens (tertiary/aromatic N) is 1. The van der Waals surface area contributed by atoms with Crippen molar-refractivity contribution in [2.75, 3.05) is 6.54 Å². The Morgan fingerprint density at radius 1 is 1.00 bits per heavy atom. The summed E-state index contributed by atoms with van der Waals surface area (Å²) in [5, 5.41) is 0. The Bertz CT molecular complexity index is 538. The van der Waals surface area contributed by atoms with Crippen LogP contribution < -0.4 is 0 Å². The molecule has 1 heteroatoms. The zero-order chi connectivity index (χ0) is 11.9. The summed E-state index contributed by atoms with van der Waals surface area (Å²) in [6.45, 7) is 1.20. The lowest BCUT2D eigenvalue weighted by molar-refractivity contribution is 0.275. The molecule has 0 spiro atoms. The van der Waals surface area contributed by atoms with E-state index in [-0.39, 0.29) is 0 Å². The molecular formula is C17H19N. The molecule has 2 heterocycles. The van der Waals surface area contributed by atoms with Crippen molar-refractivity contribution >= 4 is 5.70 Å². The van der Waals surface area contributed by atoms with Crippen LogP contribution in [-0.2, 0) is 6.42 Å². The maximum atomic E-state index is 2.66. The lowest BCUT2D eigenvalue weighted by atomic mass is 9.83. The molecule has 3 aliphatic rings. The fourth-order valence-corrected chi connectivity index (χ4v) is 3.77. The molecule has 0 amide bonds. The van der Waals surface area contributed by atoms with Crippen LogP contribution in [0.1, 0.15) is 36.8 Å². The normalized spacial score (nSPS) is 25.6. The van der Waals surface area contributed by atoms with E-state index in [1.165, 1.54) is 55.5 Å². The van der Waals surface area contributed by atoms with Crippen LogP contribution in [0.25, 0.3) is 5.70 Å². The average molecular weight is 237 g/mol. The minimum absolute atomic E-state index is 0.701. The Morgan fingerprint density at radius 3 is 2.94 bits per heavy atom. The highest BCUT2D eigenvalue weighted by molar-refractivity contribution is 5.72. The highest BCUT2D eigenvalue weighted by Gasteiger charge is 2.32. The molecule has 0 radical (unpaired) electrons. The Labute approximate surface area is 109 Å². The molecule has 1 atom stereocenters. The predicted molar refractivity (Wildman–Crippen MR) is 75.2 cm³/mol. The van der Waals surface area contributed by atoms with Crippen LogP contribution in [0.5, 0.6) is 0 Å². The lowest BCUT2D eigenvalue weighted by Crippen LogP contribution is -2.42. The van der Waals surface area contributed by atoms with Crippen molar-refractivity contribution < 1.29 is 0 Å². The molecule has 4 rings (SSSR count). The molecule has 18 heavy (non-hydrogen) atoms. The van der Waals surface area contributed by atoms with E-state index in [1.807, 2.05) is 0 Å². The lowest BCUT2D eigenvalue weighted by Gasteiger charge is -2.44. The van der Waals surface area contributed by atoms with Gasteiger partial charge in [-0.25, -0.2) is 0 Å². The van der Waals surface area contributed by atoms with Gasteiger partial charge in [0.05, 0.1) is 6.04 Å². The van der Waals surface area contributed by atoms with Crippen LogP contribution in [0.15, 0.2) is 42.0 Å². The summed E-state index contributed by atoms with van der Waals surface area (Å²) in [4.78, 5) is 2.66. The van der Waals surface area contributed by atoms with Gasteiger partial charge in [-0.05, 0) is 42.9 Å². The molecule has 0 N–H and O–H groups in total. The molecule has 1 aromatic carbocycles. The van der Waals surface area contributed by atoms with Crippen molar-refractivity contribution in [2.24, 2.45) is 0 Å². The Balaban J connectivity index is 1.81. The van der Waals surface area contributed by atoms with Crippen molar-refractivity contribution in [3.8, 4) is 0 Å². The molecule has 1 aliphatic carbocycles. The molecule has 1 saturated carbocycles. The fourth-order valence-electron chi connectivity index (χ4n) is 3.77. The third-order valence-electron chi connectivity index (χ3n) is 4.68. The Kier molecular flexibility index (Phi) is 2.32. The summed E-state index contributed by atoms with van der Waals surface area (Å²) in [6, 6.07) is 9.61. The van der Waals surface area contributed by atoms with Crippen LogP contribution in [0.3, 0.4) is 0 Å². The number of fused-ring (bicyclic) bond motifs is 5. The Hall–Kier alpha value is -1.50. The van der Waals surface area contributed by atoms with Gasteiger partial charge in [0.25, 0.3) is 0 Å². The minimum atomic E-state index is 0.701. The number of rotatable bonds is 0. The van der Waals surface area contributed by atoms with E-state index in [1.54, 1.807) is 5.57 Å². The molecule has 0 saturated heterocycles. The van der Waals surface area contributed by atoms with Gasteiger partial charge in [0.2, 0.25) is 0 Å². The highest BCUT2D eigenvalue weighted by Crippen LogP contribution is 2.39. The molecule has 1 unspecified atom stereocenters. The first kappa shape index (κ1) is 10.4. The topological polar surface area (TPSA) is 3.24 Å². The van der Waals surface area contributed by atoms with Gasteiger partial charge >= 0.3 is 0 Å². The van der Waals surface area contributed by atoms with Crippen LogP contribution in [0.4, 0.5) is 0 Å². The number of benzene rings is 1. The summed E-state index contributed by atoms with van der Waals surface area (Å²) < 4.78 is 0. The van der Waals surface area contributed by atoms with Gasteiger partial charge in [-0.3, -0.25) is 0 Å². The molecule has 1 aromatic rings. The first-order chi connectivity index (χ1) is 8.93. The fraction of sp³-hybridized carbons (Fsp3) is 0.412. The predicted octanol–water partition coefficient (Wildman–Crippen LogP) is 3.77. The molecule has 1 nitrogen and oxygen atoms in total. The standard InChI is InChI=1S/C17H19N/c1-3-7-15-13(5-1)11-12-18-16-8-4-2-6-14(16)9-10-17(15)18/h1,3,5,7,9-10,16H,2,4,6,8,11-12H2. The first-order valence-corrected chi connectivity index (χ1v) is 7.19. The van der Waals surface area contributed by atoms with Crippen LogP contribution in [0, 0.1) is 0 Å². The van der Waals surface area contributed by atoms with Crippen molar-refractivity contribution in [1.82, 2.24) is 4.90 Å². The maximum Gasteiger partial charge on any atom is 0.0505 e. The summed E-state index contributed by atoms with van der Waals surface area (Å²) in [7, 11) is 0. The van der Waals surface area contributed by atoms with Gasteiger partial charge in [0.15, 0.2) is 0 Å². The van der Waals surface area contributed by atoms with Crippen LogP contribution in [-0.4, -0.2) is 17.5 Å². The van der Waals surface area contributed by atoms with Crippen LogP contribution >= 0.6 is 0 Å². The van der Waals surface area contributed by atoms with E-state index < -0.39 is 0 Å². The molecular weight excluding hydrogens is 218 g/mol. The van der Waals surface area contributed by atoms with Gasteiger partial charge in [0.1, 0.15) is 0 Å². The zero-order valence-electron chi connectivity index (χ0n) is 10.7. The zero-order valence-corrected chi connectivity index (χ0v) is 10.7. The SMILES string of the molecule is C1=C2CCCCC2N2CCc3ccccc3C2=C1. The van der Waals surface area contributed by atoms with Crippen LogP contribution in [0.2, 0.25) is 0 Å². The van der Waals surface area contributed by atoms with E-state index in [0.717, 1.165) is 0 Å². The number of hydrogen-bond donors (Lipinski definition) is 0. The molecule has 0 aromatic heterocycles. The van der Waals surface area contributed by atoms with Crippen molar-refractivity contribution in [3.63, 3.8) is 0 Å². The van der Waals surface area contributed by atoms with E-state index >= 15 is 0 Å². The molecule has 0 bridgehead atoms. The largest absolute Gasteiger partial charge is 0.364 e. The first-order valence-electron chi connectivity index (χ1n) is 7.19. The monoisotopic (exact) mass is 237 g/mol. The van der Waals surface area contributed by atoms with Gasteiger partial charge in [-0.1, -0.05) is 36.8 Å². The van der Waals surface area contributed by atoms with Gasteiger partial charge < -0.3 is 4.90 Å². The second-order valence-electron chi connectivity index (χ2n) is 5.66. The van der Waals surface area contributed by atoms with E-state index in [4.69, 9.17) is 0 Å². The second-order valence-corrected chi connectivity index (χ2v) is 5.66. The van der Waals surface area contributed by atoms with Crippen molar-refractivity contribution in [3.05, 3.63) is 53.1 Å². The van der Waals surface area contributed by atoms with E-state index in [9.17, 15) is 0 Å².